The van der Waals surface area contributed by atoms with E-state index in [-0.39, 0.29) is 29.0 Å². The largest absolute Gasteiger partial charge is 0.491 e. The van der Waals surface area contributed by atoms with Gasteiger partial charge in [-0.05, 0) is 98.4 Å². The van der Waals surface area contributed by atoms with Crippen molar-refractivity contribution < 1.29 is 19.1 Å². The molecule has 4 aliphatic carbocycles. The molecule has 1 heterocycles. The first kappa shape index (κ1) is 27.8. The molecule has 0 spiro atoms. The van der Waals surface area contributed by atoms with Gasteiger partial charge in [-0.1, -0.05) is 39.3 Å². The number of ether oxygens (including phenoxy) is 2. The molecule has 1 N–H and O–H groups in total. The molecule has 212 valence electrons. The topological polar surface area (TPSA) is 64.6 Å². The third-order valence-electron chi connectivity index (χ3n) is 11.9. The predicted octanol–water partition coefficient (Wildman–Crippen LogP) is 7.11. The van der Waals surface area contributed by atoms with Crippen molar-refractivity contribution >= 4 is 11.9 Å². The molecule has 0 saturated heterocycles. The number of esters is 1. The van der Waals surface area contributed by atoms with E-state index in [2.05, 4.69) is 46.0 Å². The van der Waals surface area contributed by atoms with Crippen LogP contribution in [0.1, 0.15) is 113 Å². The maximum atomic E-state index is 11.6. The Morgan fingerprint density at radius 3 is 2.63 bits per heavy atom. The lowest BCUT2D eigenvalue weighted by Crippen LogP contribution is -2.50. The number of carbonyl (C=O) groups is 2. The zero-order chi connectivity index (χ0) is 27.5. The second-order valence-corrected chi connectivity index (χ2v) is 14.1. The summed E-state index contributed by atoms with van der Waals surface area (Å²) < 4.78 is 12.7. The number of rotatable bonds is 7. The first-order valence-corrected chi connectivity index (χ1v) is 15.4. The Morgan fingerprint density at radius 1 is 1.18 bits per heavy atom. The number of nitrogens with one attached hydrogen (secondary N) is 1. The van der Waals surface area contributed by atoms with Gasteiger partial charge in [0.2, 0.25) is 5.91 Å². The summed E-state index contributed by atoms with van der Waals surface area (Å²) in [4.78, 5) is 22.9. The first-order chi connectivity index (χ1) is 17.9. The van der Waals surface area contributed by atoms with Gasteiger partial charge in [0.15, 0.2) is 0 Å². The van der Waals surface area contributed by atoms with Crippen molar-refractivity contribution in [2.75, 3.05) is 6.54 Å². The fourth-order valence-corrected chi connectivity index (χ4v) is 10.1. The maximum absolute atomic E-state index is 11.6. The summed E-state index contributed by atoms with van der Waals surface area (Å²) in [7, 11) is 0. The van der Waals surface area contributed by atoms with E-state index in [1.807, 2.05) is 0 Å². The van der Waals surface area contributed by atoms with E-state index in [9.17, 15) is 9.59 Å². The number of carbonyl (C=O) groups excluding carboxylic acids is 2. The molecule has 0 aromatic rings. The Morgan fingerprint density at radius 2 is 1.95 bits per heavy atom. The summed E-state index contributed by atoms with van der Waals surface area (Å²) in [5.74, 6) is 4.26. The van der Waals surface area contributed by atoms with Crippen LogP contribution in [0.4, 0.5) is 0 Å². The minimum atomic E-state index is -0.145. The van der Waals surface area contributed by atoms with Crippen LogP contribution in [0.5, 0.6) is 0 Å². The average Bonchev–Trinajstić information content (AvgIpc) is 3.30. The van der Waals surface area contributed by atoms with Gasteiger partial charge >= 0.3 is 5.97 Å². The second-order valence-electron chi connectivity index (χ2n) is 14.1. The van der Waals surface area contributed by atoms with E-state index in [1.165, 1.54) is 43.9 Å². The van der Waals surface area contributed by atoms with Gasteiger partial charge in [-0.3, -0.25) is 9.59 Å². The zero-order valence-electron chi connectivity index (χ0n) is 25.0. The van der Waals surface area contributed by atoms with Crippen LogP contribution >= 0.6 is 0 Å². The maximum Gasteiger partial charge on any atom is 0.302 e. The molecule has 1 aliphatic heterocycles. The van der Waals surface area contributed by atoms with Crippen LogP contribution < -0.4 is 5.32 Å². The summed E-state index contributed by atoms with van der Waals surface area (Å²) >= 11 is 0. The van der Waals surface area contributed by atoms with Crippen LogP contribution in [0, 0.1) is 40.4 Å². The van der Waals surface area contributed by atoms with Crippen molar-refractivity contribution in [2.45, 2.75) is 124 Å². The van der Waals surface area contributed by atoms with Gasteiger partial charge in [0, 0.05) is 39.2 Å². The molecule has 3 saturated carbocycles. The number of hydrogen-bond donors (Lipinski definition) is 1. The molecule has 0 aromatic carbocycles. The molecular formula is C33H51NO4. The molecule has 5 rings (SSSR count). The van der Waals surface area contributed by atoms with Crippen molar-refractivity contribution in [1.82, 2.24) is 5.32 Å². The van der Waals surface area contributed by atoms with E-state index in [4.69, 9.17) is 9.47 Å². The summed E-state index contributed by atoms with van der Waals surface area (Å²) in [6.45, 7) is 15.9. The molecule has 0 aromatic heterocycles. The Balaban J connectivity index is 1.35. The standard InChI is InChI=1S/C33H51NO4/c1-8-33-18-28-26-11-10-24-17-25(37-23(5)36)13-15-31(24,6)27(26)14-16-32(28,7)30(33)21(3)29(38-33)12-9-20(2)19-34-22(4)35/h10,20,25-28,30H,8-9,11-19H2,1-7H3,(H,34,35)/t20?,25?,26?,27?,28?,30?,31-,32-,33?/m0/s1. The molecule has 3 fully saturated rings. The minimum absolute atomic E-state index is 0.0491. The molecule has 1 amide bonds. The van der Waals surface area contributed by atoms with Crippen LogP contribution in [0.15, 0.2) is 23.0 Å². The molecule has 5 aliphatic rings. The highest BCUT2D eigenvalue weighted by molar-refractivity contribution is 5.72. The zero-order valence-corrected chi connectivity index (χ0v) is 25.0. The molecule has 0 bridgehead atoms. The number of amides is 1. The van der Waals surface area contributed by atoms with Gasteiger partial charge < -0.3 is 14.8 Å². The van der Waals surface area contributed by atoms with Gasteiger partial charge in [0.05, 0.1) is 5.76 Å². The van der Waals surface area contributed by atoms with Crippen LogP contribution in [0.25, 0.3) is 0 Å². The number of hydrogen-bond acceptors (Lipinski definition) is 4. The van der Waals surface area contributed by atoms with Gasteiger partial charge in [-0.2, -0.15) is 0 Å². The fraction of sp³-hybridized carbons (Fsp3) is 0.818. The Hall–Kier alpha value is -1.78. The van der Waals surface area contributed by atoms with Gasteiger partial charge in [0.1, 0.15) is 11.7 Å². The monoisotopic (exact) mass is 525 g/mol. The third-order valence-corrected chi connectivity index (χ3v) is 11.9. The smallest absolute Gasteiger partial charge is 0.302 e. The molecule has 5 nitrogen and oxygen atoms in total. The molecule has 0 radical (unpaired) electrons. The summed E-state index contributed by atoms with van der Waals surface area (Å²) in [5, 5.41) is 2.97. The van der Waals surface area contributed by atoms with Crippen molar-refractivity contribution in [3.63, 3.8) is 0 Å². The minimum Gasteiger partial charge on any atom is -0.491 e. The van der Waals surface area contributed by atoms with E-state index in [0.29, 0.717) is 23.2 Å². The summed E-state index contributed by atoms with van der Waals surface area (Å²) in [5.41, 5.74) is 3.57. The highest BCUT2D eigenvalue weighted by atomic mass is 16.5. The lowest BCUT2D eigenvalue weighted by Gasteiger charge is -2.58. The Labute approximate surface area is 230 Å². The van der Waals surface area contributed by atoms with Gasteiger partial charge in [-0.15, -0.1) is 0 Å². The van der Waals surface area contributed by atoms with Crippen LogP contribution in [0.2, 0.25) is 0 Å². The highest BCUT2D eigenvalue weighted by Gasteiger charge is 2.68. The number of fused-ring (bicyclic) bond motifs is 7. The second kappa shape index (κ2) is 10.0. The lowest BCUT2D eigenvalue weighted by atomic mass is 9.47. The van der Waals surface area contributed by atoms with Crippen molar-refractivity contribution in [3.05, 3.63) is 23.0 Å². The van der Waals surface area contributed by atoms with E-state index in [0.717, 1.165) is 56.9 Å². The van der Waals surface area contributed by atoms with Crippen molar-refractivity contribution in [2.24, 2.45) is 40.4 Å². The molecular weight excluding hydrogens is 474 g/mol. The predicted molar refractivity (Wildman–Crippen MR) is 150 cm³/mol. The van der Waals surface area contributed by atoms with Crippen molar-refractivity contribution in [3.8, 4) is 0 Å². The Bertz CT molecular complexity index is 1030. The Kier molecular flexibility index (Phi) is 7.31. The van der Waals surface area contributed by atoms with E-state index < -0.39 is 0 Å². The first-order valence-electron chi connectivity index (χ1n) is 15.4. The summed E-state index contributed by atoms with van der Waals surface area (Å²) in [6, 6.07) is 0. The number of allylic oxidation sites excluding steroid dienone is 2. The molecule has 7 unspecified atom stereocenters. The van der Waals surface area contributed by atoms with Crippen LogP contribution in [-0.4, -0.2) is 30.1 Å². The quantitative estimate of drug-likeness (QED) is 0.284. The van der Waals surface area contributed by atoms with Crippen LogP contribution in [0.3, 0.4) is 0 Å². The van der Waals surface area contributed by atoms with E-state index in [1.54, 1.807) is 12.5 Å². The van der Waals surface area contributed by atoms with Gasteiger partial charge in [-0.25, -0.2) is 0 Å². The van der Waals surface area contributed by atoms with Crippen molar-refractivity contribution in [1.29, 1.82) is 0 Å². The summed E-state index contributed by atoms with van der Waals surface area (Å²) in [6.07, 6.45) is 13.7. The average molecular weight is 526 g/mol. The van der Waals surface area contributed by atoms with E-state index >= 15 is 0 Å². The molecule has 9 atom stereocenters. The SMILES string of the molecule is CCC12CC3C4CC=C5CC(OC(C)=O)CC[C@]5(C)C4CC[C@]3(C)C1C(C)=C(CCC(C)CNC(C)=O)O2. The van der Waals surface area contributed by atoms with Crippen LogP contribution in [-0.2, 0) is 19.1 Å². The van der Waals surface area contributed by atoms with Gasteiger partial charge in [0.25, 0.3) is 0 Å². The lowest BCUT2D eigenvalue weighted by molar-refractivity contribution is -0.148. The molecule has 5 heteroatoms. The highest BCUT2D eigenvalue weighted by Crippen LogP contribution is 2.72. The molecule has 38 heavy (non-hydrogen) atoms. The fourth-order valence-electron chi connectivity index (χ4n) is 10.1. The normalized spacial score (nSPS) is 42.2. The third kappa shape index (κ3) is 4.44.